The number of allylic oxidation sites excluding steroid dienone is 1. The molecule has 0 spiro atoms. The monoisotopic (exact) mass is 210 g/mol. The van der Waals surface area contributed by atoms with Crippen molar-refractivity contribution >= 4 is 26.0 Å². The van der Waals surface area contributed by atoms with Gasteiger partial charge in [-0.1, -0.05) is 30.4 Å². The van der Waals surface area contributed by atoms with E-state index in [0.29, 0.717) is 0 Å². The van der Waals surface area contributed by atoms with Crippen LogP contribution >= 0.6 is 11.1 Å². The molecule has 0 aliphatic heterocycles. The van der Waals surface area contributed by atoms with Crippen LogP contribution in [-0.4, -0.2) is 8.83 Å². The van der Waals surface area contributed by atoms with Gasteiger partial charge >= 0.3 is 0 Å². The summed E-state index contributed by atoms with van der Waals surface area (Å²) in [7, 11) is -0.334. The molecule has 1 rings (SSSR count). The number of rotatable bonds is 3. The van der Waals surface area contributed by atoms with E-state index in [2.05, 4.69) is 44.2 Å². The summed E-state index contributed by atoms with van der Waals surface area (Å²) < 4.78 is 0. The fraction of sp³-hybridized carbons (Fsp3) is 0.273. The smallest absolute Gasteiger partial charge is 0.129 e. The Morgan fingerprint density at radius 1 is 1.31 bits per heavy atom. The molecule has 13 heavy (non-hydrogen) atoms. The van der Waals surface area contributed by atoms with Crippen molar-refractivity contribution in [3.8, 4) is 0 Å². The molecule has 2 heteroatoms. The zero-order chi connectivity index (χ0) is 9.68. The van der Waals surface area contributed by atoms with Gasteiger partial charge in [0.1, 0.15) is 8.83 Å². The fourth-order valence-electron chi connectivity index (χ4n) is 1.15. The minimum Gasteiger partial charge on any atom is -0.176 e. The Kier molecular flexibility index (Phi) is 4.26. The highest BCUT2D eigenvalue weighted by Crippen LogP contribution is 2.11. The van der Waals surface area contributed by atoms with E-state index in [0.717, 1.165) is 6.04 Å². The van der Waals surface area contributed by atoms with Crippen molar-refractivity contribution in [1.29, 1.82) is 0 Å². The van der Waals surface area contributed by atoms with Crippen molar-refractivity contribution in [3.63, 3.8) is 0 Å². The van der Waals surface area contributed by atoms with Gasteiger partial charge in [-0.25, -0.2) is 0 Å². The van der Waals surface area contributed by atoms with E-state index in [1.54, 1.807) is 0 Å². The predicted molar refractivity (Wildman–Crippen MR) is 64.2 cm³/mol. The quantitative estimate of drug-likeness (QED) is 0.532. The van der Waals surface area contributed by atoms with E-state index >= 15 is 0 Å². The second-order valence-electron chi connectivity index (χ2n) is 3.22. The van der Waals surface area contributed by atoms with E-state index < -0.39 is 0 Å². The van der Waals surface area contributed by atoms with Crippen molar-refractivity contribution in [2.24, 2.45) is 0 Å². The van der Waals surface area contributed by atoms with Crippen molar-refractivity contribution in [2.45, 2.75) is 19.9 Å². The number of benzene rings is 1. The molecule has 1 aromatic carbocycles. The average molecular weight is 211 g/mol. The van der Waals surface area contributed by atoms with Crippen LogP contribution in [0.2, 0.25) is 6.04 Å². The summed E-state index contributed by atoms with van der Waals surface area (Å²) >= 11 is 5.71. The van der Waals surface area contributed by atoms with Gasteiger partial charge in [0, 0.05) is 0 Å². The molecular formula is C11H15ClSi. The highest BCUT2D eigenvalue weighted by molar-refractivity contribution is 6.93. The molecule has 0 saturated carbocycles. The molecule has 0 aromatic heterocycles. The van der Waals surface area contributed by atoms with Crippen LogP contribution in [0.4, 0.5) is 0 Å². The molecule has 0 N–H and O–H groups in total. The molecule has 0 fully saturated rings. The third-order valence-corrected chi connectivity index (χ3v) is 3.32. The fourth-order valence-corrected chi connectivity index (χ4v) is 1.82. The number of aryl methyl sites for hydroxylation is 2. The van der Waals surface area contributed by atoms with Crippen LogP contribution in [0.15, 0.2) is 24.3 Å². The van der Waals surface area contributed by atoms with E-state index in [4.69, 9.17) is 11.1 Å². The van der Waals surface area contributed by atoms with Gasteiger partial charge in [0.15, 0.2) is 0 Å². The summed E-state index contributed by atoms with van der Waals surface area (Å²) in [5, 5.41) is 0. The maximum atomic E-state index is 5.71. The first-order valence-corrected chi connectivity index (χ1v) is 7.67. The molecular weight excluding hydrogens is 196 g/mol. The Labute approximate surface area is 87.1 Å². The second-order valence-corrected chi connectivity index (χ2v) is 5.31. The number of hydrogen-bond acceptors (Lipinski definition) is 0. The molecule has 0 saturated heterocycles. The van der Waals surface area contributed by atoms with E-state index in [-0.39, 0.29) is 8.83 Å². The molecule has 0 aliphatic rings. The van der Waals surface area contributed by atoms with Crippen LogP contribution < -0.4 is 0 Å². The largest absolute Gasteiger partial charge is 0.176 e. The molecule has 0 bridgehead atoms. The molecule has 0 radical (unpaired) electrons. The van der Waals surface area contributed by atoms with Crippen LogP contribution in [-0.2, 0) is 0 Å². The molecule has 0 nitrogen and oxygen atoms in total. The number of halogens is 1. The summed E-state index contributed by atoms with van der Waals surface area (Å²) in [4.78, 5) is 0. The molecule has 0 unspecified atom stereocenters. The Balaban J connectivity index is 2.73. The van der Waals surface area contributed by atoms with Gasteiger partial charge in [0.2, 0.25) is 0 Å². The number of hydrogen-bond donors (Lipinski definition) is 0. The summed E-state index contributed by atoms with van der Waals surface area (Å²) in [5.41, 5.74) is 3.98. The van der Waals surface area contributed by atoms with Crippen molar-refractivity contribution in [1.82, 2.24) is 0 Å². The summed E-state index contributed by atoms with van der Waals surface area (Å²) in [5.74, 6) is 0. The molecule has 0 heterocycles. The lowest BCUT2D eigenvalue weighted by Gasteiger charge is -2.00. The van der Waals surface area contributed by atoms with E-state index in [1.165, 1.54) is 16.7 Å². The summed E-state index contributed by atoms with van der Waals surface area (Å²) in [6.45, 7) is 4.28. The Bertz CT molecular complexity index is 305. The van der Waals surface area contributed by atoms with Crippen LogP contribution in [0, 0.1) is 13.8 Å². The first-order chi connectivity index (χ1) is 6.24. The maximum Gasteiger partial charge on any atom is 0.129 e. The third-order valence-electron chi connectivity index (χ3n) is 2.12. The van der Waals surface area contributed by atoms with Crippen molar-refractivity contribution < 1.29 is 0 Å². The van der Waals surface area contributed by atoms with Crippen LogP contribution in [0.3, 0.4) is 0 Å². The van der Waals surface area contributed by atoms with Gasteiger partial charge in [0.25, 0.3) is 0 Å². The lowest BCUT2D eigenvalue weighted by molar-refractivity contribution is 1.33. The zero-order valence-corrected chi connectivity index (χ0v) is 10.3. The molecule has 0 atom stereocenters. The van der Waals surface area contributed by atoms with Gasteiger partial charge < -0.3 is 0 Å². The molecule has 70 valence electrons. The maximum absolute atomic E-state index is 5.71. The third kappa shape index (κ3) is 3.37. The zero-order valence-electron chi connectivity index (χ0n) is 8.18. The minimum absolute atomic E-state index is 0.334. The minimum atomic E-state index is -0.334. The summed E-state index contributed by atoms with van der Waals surface area (Å²) in [6.07, 6.45) is 4.32. The second kappa shape index (κ2) is 5.25. The van der Waals surface area contributed by atoms with Gasteiger partial charge in [-0.3, -0.25) is 0 Å². The first kappa shape index (κ1) is 10.5. The van der Waals surface area contributed by atoms with Gasteiger partial charge in [-0.05, 0) is 36.6 Å². The van der Waals surface area contributed by atoms with Gasteiger partial charge in [-0.15, -0.1) is 0 Å². The standard InChI is InChI=1S/C11H15ClSi/c1-9-5-6-11(8-10(9)2)4-3-7-13-12/h3-6,8H,7,13H2,1-2H3. The molecule has 1 aromatic rings. The predicted octanol–water partition coefficient (Wildman–Crippen LogP) is 3.06. The lowest BCUT2D eigenvalue weighted by atomic mass is 10.1. The molecule has 0 aliphatic carbocycles. The van der Waals surface area contributed by atoms with E-state index in [1.807, 2.05) is 0 Å². The van der Waals surface area contributed by atoms with Gasteiger partial charge in [0.05, 0.1) is 0 Å². The van der Waals surface area contributed by atoms with Crippen LogP contribution in [0.25, 0.3) is 6.08 Å². The SMILES string of the molecule is Cc1ccc(C=CC[SiH2]Cl)cc1C. The van der Waals surface area contributed by atoms with Crippen LogP contribution in [0.5, 0.6) is 0 Å². The van der Waals surface area contributed by atoms with Crippen molar-refractivity contribution in [3.05, 3.63) is 41.0 Å². The van der Waals surface area contributed by atoms with Crippen LogP contribution in [0.1, 0.15) is 16.7 Å². The van der Waals surface area contributed by atoms with Crippen molar-refractivity contribution in [2.75, 3.05) is 0 Å². The van der Waals surface area contributed by atoms with Gasteiger partial charge in [-0.2, -0.15) is 11.1 Å². The first-order valence-electron chi connectivity index (χ1n) is 4.54. The Morgan fingerprint density at radius 2 is 2.08 bits per heavy atom. The molecule has 0 amide bonds. The Hall–Kier alpha value is -0.533. The lowest BCUT2D eigenvalue weighted by Crippen LogP contribution is -1.81. The highest BCUT2D eigenvalue weighted by atomic mass is 35.6. The Morgan fingerprint density at radius 3 is 2.69 bits per heavy atom. The average Bonchev–Trinajstić information content (AvgIpc) is 2.12. The van der Waals surface area contributed by atoms with E-state index in [9.17, 15) is 0 Å². The normalized spacial score (nSPS) is 11.9. The summed E-state index contributed by atoms with van der Waals surface area (Å²) in [6, 6.07) is 7.60. The topological polar surface area (TPSA) is 0 Å². The highest BCUT2D eigenvalue weighted by Gasteiger charge is 1.91.